The second-order valence-electron chi connectivity index (χ2n) is 6.09. The molecule has 4 rings (SSSR count). The van der Waals surface area contributed by atoms with Crippen LogP contribution in [0.25, 0.3) is 5.69 Å². The number of fused-ring (bicyclic) bond motifs is 1. The minimum atomic E-state index is -0.271. The summed E-state index contributed by atoms with van der Waals surface area (Å²) in [5.74, 6) is -0.387. The summed E-state index contributed by atoms with van der Waals surface area (Å²) >= 11 is 0. The van der Waals surface area contributed by atoms with E-state index < -0.39 is 0 Å². The number of halogens is 1. The molecule has 5 nitrogen and oxygen atoms in total. The van der Waals surface area contributed by atoms with Gasteiger partial charge in [0.1, 0.15) is 5.82 Å². The number of pyridine rings is 1. The lowest BCUT2D eigenvalue weighted by atomic mass is 9.92. The molecule has 1 N–H and O–H groups in total. The lowest BCUT2D eigenvalue weighted by Crippen LogP contribution is -2.31. The molecule has 2 heterocycles. The van der Waals surface area contributed by atoms with Crippen molar-refractivity contribution in [2.24, 2.45) is 0 Å². The molecule has 126 valence electrons. The number of aromatic nitrogens is 3. The van der Waals surface area contributed by atoms with Gasteiger partial charge in [0.2, 0.25) is 0 Å². The Morgan fingerprint density at radius 3 is 2.68 bits per heavy atom. The normalized spacial score (nSPS) is 16.3. The van der Waals surface area contributed by atoms with E-state index in [2.05, 4.69) is 15.4 Å². The Morgan fingerprint density at radius 2 is 1.92 bits per heavy atom. The third-order valence-electron chi connectivity index (χ3n) is 4.50. The SMILES string of the molecule is O=C(NC1CCCc2c1cnn2-c1ccc(F)cc1)c1ccncc1. The second kappa shape index (κ2) is 6.47. The monoisotopic (exact) mass is 336 g/mol. The number of amides is 1. The van der Waals surface area contributed by atoms with Gasteiger partial charge in [-0.25, -0.2) is 9.07 Å². The number of carbonyl (C=O) groups excluding carboxylic acids is 1. The molecule has 0 saturated heterocycles. The van der Waals surface area contributed by atoms with E-state index in [-0.39, 0.29) is 17.8 Å². The summed E-state index contributed by atoms with van der Waals surface area (Å²) in [6, 6.07) is 9.59. The maximum absolute atomic E-state index is 13.2. The maximum Gasteiger partial charge on any atom is 0.251 e. The summed E-state index contributed by atoms with van der Waals surface area (Å²) in [7, 11) is 0. The third-order valence-corrected chi connectivity index (χ3v) is 4.50. The van der Waals surface area contributed by atoms with Gasteiger partial charge in [0.15, 0.2) is 0 Å². The fourth-order valence-electron chi connectivity index (χ4n) is 3.26. The van der Waals surface area contributed by atoms with Crippen LogP contribution in [0.3, 0.4) is 0 Å². The highest BCUT2D eigenvalue weighted by atomic mass is 19.1. The molecule has 1 aliphatic carbocycles. The Kier molecular flexibility index (Phi) is 4.01. The van der Waals surface area contributed by atoms with Crippen LogP contribution < -0.4 is 5.32 Å². The van der Waals surface area contributed by atoms with E-state index in [4.69, 9.17) is 0 Å². The Labute approximate surface area is 144 Å². The molecular formula is C19H17FN4O. The first-order chi connectivity index (χ1) is 12.2. The van der Waals surface area contributed by atoms with E-state index in [9.17, 15) is 9.18 Å². The lowest BCUT2D eigenvalue weighted by Gasteiger charge is -2.24. The number of hydrogen-bond acceptors (Lipinski definition) is 3. The van der Waals surface area contributed by atoms with Crippen molar-refractivity contribution in [3.05, 3.63) is 77.6 Å². The Morgan fingerprint density at radius 1 is 1.16 bits per heavy atom. The molecule has 1 aromatic carbocycles. The first-order valence-electron chi connectivity index (χ1n) is 8.26. The quantitative estimate of drug-likeness (QED) is 0.799. The van der Waals surface area contributed by atoms with Crippen LogP contribution in [0.4, 0.5) is 4.39 Å². The van der Waals surface area contributed by atoms with E-state index in [1.807, 2.05) is 4.68 Å². The molecule has 0 aliphatic heterocycles. The van der Waals surface area contributed by atoms with Gasteiger partial charge in [-0.1, -0.05) is 0 Å². The summed E-state index contributed by atoms with van der Waals surface area (Å²) in [5, 5.41) is 7.55. The molecule has 3 aromatic rings. The lowest BCUT2D eigenvalue weighted by molar-refractivity contribution is 0.0932. The van der Waals surface area contributed by atoms with Crippen molar-refractivity contribution in [1.82, 2.24) is 20.1 Å². The number of hydrogen-bond donors (Lipinski definition) is 1. The number of nitrogens with one attached hydrogen (secondary N) is 1. The summed E-state index contributed by atoms with van der Waals surface area (Å²) in [5.41, 5.74) is 3.51. The van der Waals surface area contributed by atoms with Crippen molar-refractivity contribution in [2.45, 2.75) is 25.3 Å². The molecule has 1 atom stereocenters. The summed E-state index contributed by atoms with van der Waals surface area (Å²) < 4.78 is 15.0. The van der Waals surface area contributed by atoms with Gasteiger partial charge in [-0.15, -0.1) is 0 Å². The number of benzene rings is 1. The fraction of sp³-hybridized carbons (Fsp3) is 0.211. The Hall–Kier alpha value is -3.02. The van der Waals surface area contributed by atoms with Crippen LogP contribution in [0.2, 0.25) is 0 Å². The minimum Gasteiger partial charge on any atom is -0.345 e. The van der Waals surface area contributed by atoms with Crippen LogP contribution in [0.1, 0.15) is 40.5 Å². The van der Waals surface area contributed by atoms with Crippen LogP contribution in [0.15, 0.2) is 55.0 Å². The van der Waals surface area contributed by atoms with E-state index >= 15 is 0 Å². The van der Waals surface area contributed by atoms with Crippen molar-refractivity contribution in [3.63, 3.8) is 0 Å². The number of rotatable bonds is 3. The van der Waals surface area contributed by atoms with Gasteiger partial charge in [0.05, 0.1) is 17.9 Å². The van der Waals surface area contributed by atoms with E-state index in [0.717, 1.165) is 36.2 Å². The van der Waals surface area contributed by atoms with E-state index in [0.29, 0.717) is 5.56 Å². The van der Waals surface area contributed by atoms with Crippen LogP contribution >= 0.6 is 0 Å². The van der Waals surface area contributed by atoms with Gasteiger partial charge in [-0.3, -0.25) is 9.78 Å². The van der Waals surface area contributed by atoms with Crippen LogP contribution in [-0.2, 0) is 6.42 Å². The van der Waals surface area contributed by atoms with Crippen molar-refractivity contribution in [1.29, 1.82) is 0 Å². The Balaban J connectivity index is 1.61. The molecule has 1 unspecified atom stereocenters. The van der Waals surface area contributed by atoms with Gasteiger partial charge in [-0.05, 0) is 55.7 Å². The van der Waals surface area contributed by atoms with Gasteiger partial charge < -0.3 is 5.32 Å². The first kappa shape index (κ1) is 15.5. The molecule has 0 radical (unpaired) electrons. The standard InChI is InChI=1S/C19H17FN4O/c20-14-4-6-15(7-5-14)24-18-3-1-2-17(16(18)12-22-24)23-19(25)13-8-10-21-11-9-13/h4-12,17H,1-3H2,(H,23,25). The van der Waals surface area contributed by atoms with Crippen molar-refractivity contribution in [2.75, 3.05) is 0 Å². The minimum absolute atomic E-state index is 0.0707. The molecule has 0 spiro atoms. The number of nitrogens with zero attached hydrogens (tertiary/aromatic N) is 3. The van der Waals surface area contributed by atoms with Crippen molar-refractivity contribution >= 4 is 5.91 Å². The maximum atomic E-state index is 13.2. The van der Waals surface area contributed by atoms with Gasteiger partial charge >= 0.3 is 0 Å². The highest BCUT2D eigenvalue weighted by molar-refractivity contribution is 5.94. The highest BCUT2D eigenvalue weighted by Crippen LogP contribution is 2.31. The largest absolute Gasteiger partial charge is 0.345 e. The van der Waals surface area contributed by atoms with Gasteiger partial charge in [-0.2, -0.15) is 5.10 Å². The molecule has 2 aromatic heterocycles. The molecule has 0 fully saturated rings. The third kappa shape index (κ3) is 3.03. The zero-order valence-electron chi connectivity index (χ0n) is 13.5. The van der Waals surface area contributed by atoms with E-state index in [1.165, 1.54) is 12.1 Å². The van der Waals surface area contributed by atoms with Crippen molar-refractivity contribution in [3.8, 4) is 5.69 Å². The smallest absolute Gasteiger partial charge is 0.251 e. The molecule has 6 heteroatoms. The molecule has 0 saturated carbocycles. The zero-order chi connectivity index (χ0) is 17.2. The Bertz CT molecular complexity index is 890. The molecular weight excluding hydrogens is 319 g/mol. The summed E-state index contributed by atoms with van der Waals surface area (Å²) in [4.78, 5) is 16.4. The van der Waals surface area contributed by atoms with Crippen LogP contribution in [-0.4, -0.2) is 20.7 Å². The average Bonchev–Trinajstić information content (AvgIpc) is 3.08. The zero-order valence-corrected chi connectivity index (χ0v) is 13.5. The van der Waals surface area contributed by atoms with Gasteiger partial charge in [0.25, 0.3) is 5.91 Å². The summed E-state index contributed by atoms with van der Waals surface area (Å²) in [6.45, 7) is 0. The molecule has 25 heavy (non-hydrogen) atoms. The molecule has 0 bridgehead atoms. The first-order valence-corrected chi connectivity index (χ1v) is 8.26. The van der Waals surface area contributed by atoms with E-state index in [1.54, 1.807) is 42.9 Å². The summed E-state index contributed by atoms with van der Waals surface area (Å²) in [6.07, 6.45) is 7.73. The predicted molar refractivity (Wildman–Crippen MR) is 90.9 cm³/mol. The number of carbonyl (C=O) groups is 1. The van der Waals surface area contributed by atoms with Crippen molar-refractivity contribution < 1.29 is 9.18 Å². The highest BCUT2D eigenvalue weighted by Gasteiger charge is 2.26. The fourth-order valence-corrected chi connectivity index (χ4v) is 3.26. The van der Waals surface area contributed by atoms with Crippen LogP contribution in [0, 0.1) is 5.82 Å². The molecule has 1 aliphatic rings. The second-order valence-corrected chi connectivity index (χ2v) is 6.09. The average molecular weight is 336 g/mol. The van der Waals surface area contributed by atoms with Crippen LogP contribution in [0.5, 0.6) is 0 Å². The topological polar surface area (TPSA) is 59.8 Å². The predicted octanol–water partition coefficient (Wildman–Crippen LogP) is 3.21. The van der Waals surface area contributed by atoms with Gasteiger partial charge in [0, 0.05) is 29.2 Å². The molecule has 1 amide bonds.